The van der Waals surface area contributed by atoms with Gasteiger partial charge in [-0.05, 0) is 31.4 Å². The van der Waals surface area contributed by atoms with Gasteiger partial charge in [-0.25, -0.2) is 4.79 Å². The van der Waals surface area contributed by atoms with Crippen LogP contribution >= 0.6 is 0 Å². The molecule has 0 spiro atoms. The lowest BCUT2D eigenvalue weighted by molar-refractivity contribution is -0.143. The van der Waals surface area contributed by atoms with Gasteiger partial charge in [-0.15, -0.1) is 0 Å². The number of nitrogens with one attached hydrogen (secondary N) is 1. The summed E-state index contributed by atoms with van der Waals surface area (Å²) in [6, 6.07) is 5.79. The van der Waals surface area contributed by atoms with Crippen molar-refractivity contribution in [2.45, 2.75) is 38.8 Å². The van der Waals surface area contributed by atoms with Crippen molar-refractivity contribution < 1.29 is 24.2 Å². The molecule has 7 heteroatoms. The van der Waals surface area contributed by atoms with E-state index in [0.717, 1.165) is 29.9 Å². The van der Waals surface area contributed by atoms with Crippen molar-refractivity contribution in [3.05, 3.63) is 29.3 Å². The average Bonchev–Trinajstić information content (AvgIpc) is 3.14. The molecule has 2 heterocycles. The number of carboxylic acid groups (broad SMARTS) is 1. The molecule has 2 amide bonds. The number of hydrogen-bond acceptors (Lipinski definition) is 4. The third-order valence-electron chi connectivity index (χ3n) is 4.97. The van der Waals surface area contributed by atoms with Crippen LogP contribution in [0.2, 0.25) is 0 Å². The predicted octanol–water partition coefficient (Wildman–Crippen LogP) is 2.17. The fraction of sp³-hybridized carbons (Fsp3) is 0.579. The van der Waals surface area contributed by atoms with Crippen molar-refractivity contribution in [2.75, 3.05) is 26.3 Å². The first kappa shape index (κ1) is 18.5. The third-order valence-corrected chi connectivity index (χ3v) is 4.97. The summed E-state index contributed by atoms with van der Waals surface area (Å²) in [5, 5.41) is 12.0. The average molecular weight is 362 g/mol. The number of likely N-dealkylation sites (tertiary alicyclic amines) is 1. The molecular weight excluding hydrogens is 336 g/mol. The first-order valence-electron chi connectivity index (χ1n) is 9.12. The largest absolute Gasteiger partial charge is 0.488 e. The fourth-order valence-electron chi connectivity index (χ4n) is 3.32. The van der Waals surface area contributed by atoms with Gasteiger partial charge in [-0.2, -0.15) is 0 Å². The third kappa shape index (κ3) is 4.66. The Hall–Kier alpha value is -2.28. The van der Waals surface area contributed by atoms with Crippen LogP contribution in [-0.2, 0) is 16.1 Å². The molecule has 1 atom stereocenters. The number of carbonyl (C=O) groups excluding carboxylic acids is 1. The molecule has 26 heavy (non-hydrogen) atoms. The highest BCUT2D eigenvalue weighted by atomic mass is 16.5. The van der Waals surface area contributed by atoms with E-state index in [0.29, 0.717) is 39.1 Å². The van der Waals surface area contributed by atoms with Gasteiger partial charge in [0.1, 0.15) is 11.9 Å². The zero-order chi connectivity index (χ0) is 18.5. The molecule has 2 fully saturated rings. The Morgan fingerprint density at radius 1 is 1.31 bits per heavy atom. The van der Waals surface area contributed by atoms with Crippen LogP contribution in [0.3, 0.4) is 0 Å². The summed E-state index contributed by atoms with van der Waals surface area (Å²) in [5.74, 6) is -0.336. The Morgan fingerprint density at radius 3 is 2.73 bits per heavy atom. The van der Waals surface area contributed by atoms with E-state index in [1.54, 1.807) is 4.90 Å². The van der Waals surface area contributed by atoms with Gasteiger partial charge in [-0.1, -0.05) is 12.1 Å². The van der Waals surface area contributed by atoms with Crippen molar-refractivity contribution >= 4 is 12.0 Å². The Morgan fingerprint density at radius 2 is 2.08 bits per heavy atom. The van der Waals surface area contributed by atoms with Crippen molar-refractivity contribution in [1.82, 2.24) is 10.2 Å². The summed E-state index contributed by atoms with van der Waals surface area (Å²) in [6.07, 6.45) is 1.94. The summed E-state index contributed by atoms with van der Waals surface area (Å²) in [4.78, 5) is 25.1. The maximum Gasteiger partial charge on any atom is 0.317 e. The van der Waals surface area contributed by atoms with E-state index >= 15 is 0 Å². The molecule has 1 aromatic rings. The molecule has 0 aliphatic carbocycles. The summed E-state index contributed by atoms with van der Waals surface area (Å²) < 4.78 is 11.4. The molecule has 0 saturated carbocycles. The number of aryl methyl sites for hydroxylation is 1. The number of amides is 2. The Balaban J connectivity index is 1.55. The van der Waals surface area contributed by atoms with Gasteiger partial charge in [0.15, 0.2) is 0 Å². The van der Waals surface area contributed by atoms with E-state index in [9.17, 15) is 9.59 Å². The molecule has 3 rings (SSSR count). The standard InChI is InChI=1S/C19H26N2O5/c1-13-2-3-15(17(10-13)26-16-6-9-25-12-16)11-20-19(24)21-7-4-14(5-8-21)18(22)23/h2-3,10,14,16H,4-9,11-12H2,1H3,(H,20,24)(H,22,23). The van der Waals surface area contributed by atoms with E-state index in [1.807, 2.05) is 25.1 Å². The molecule has 1 aromatic carbocycles. The molecule has 0 radical (unpaired) electrons. The van der Waals surface area contributed by atoms with Gasteiger partial charge < -0.3 is 24.8 Å². The smallest absolute Gasteiger partial charge is 0.317 e. The molecule has 7 nitrogen and oxygen atoms in total. The van der Waals surface area contributed by atoms with E-state index in [2.05, 4.69) is 5.32 Å². The number of aliphatic carboxylic acids is 1. The second kappa shape index (κ2) is 8.40. The van der Waals surface area contributed by atoms with Gasteiger partial charge in [0, 0.05) is 31.6 Å². The number of rotatable bonds is 5. The van der Waals surface area contributed by atoms with Crippen LogP contribution in [0, 0.1) is 12.8 Å². The maximum atomic E-state index is 12.4. The first-order chi connectivity index (χ1) is 12.5. The van der Waals surface area contributed by atoms with Gasteiger partial charge in [-0.3, -0.25) is 4.79 Å². The minimum atomic E-state index is -0.776. The van der Waals surface area contributed by atoms with Crippen LogP contribution in [0.1, 0.15) is 30.4 Å². The number of nitrogens with zero attached hydrogens (tertiary/aromatic N) is 1. The van der Waals surface area contributed by atoms with Crippen molar-refractivity contribution in [2.24, 2.45) is 5.92 Å². The molecule has 142 valence electrons. The number of carbonyl (C=O) groups is 2. The lowest BCUT2D eigenvalue weighted by Crippen LogP contribution is -2.45. The summed E-state index contributed by atoms with van der Waals surface area (Å²) >= 11 is 0. The zero-order valence-corrected chi connectivity index (χ0v) is 15.1. The van der Waals surface area contributed by atoms with Crippen LogP contribution in [0.4, 0.5) is 4.79 Å². The van der Waals surface area contributed by atoms with Gasteiger partial charge in [0.25, 0.3) is 0 Å². The number of piperidine rings is 1. The molecular formula is C19H26N2O5. The molecule has 2 aliphatic heterocycles. The maximum absolute atomic E-state index is 12.4. The Bertz CT molecular complexity index is 649. The van der Waals surface area contributed by atoms with E-state index < -0.39 is 5.97 Å². The monoisotopic (exact) mass is 362 g/mol. The van der Waals surface area contributed by atoms with Crippen LogP contribution in [0.25, 0.3) is 0 Å². The van der Waals surface area contributed by atoms with Crippen LogP contribution in [-0.4, -0.2) is 54.4 Å². The second-order valence-corrected chi connectivity index (χ2v) is 6.97. The summed E-state index contributed by atoms with van der Waals surface area (Å²) in [6.45, 7) is 4.64. The topological polar surface area (TPSA) is 88.1 Å². The van der Waals surface area contributed by atoms with E-state index in [-0.39, 0.29) is 18.1 Å². The van der Waals surface area contributed by atoms with Crippen molar-refractivity contribution in [3.8, 4) is 5.75 Å². The predicted molar refractivity (Wildman–Crippen MR) is 95.2 cm³/mol. The van der Waals surface area contributed by atoms with Crippen LogP contribution in [0.5, 0.6) is 5.75 Å². The summed E-state index contributed by atoms with van der Waals surface area (Å²) in [5.41, 5.74) is 2.03. The SMILES string of the molecule is Cc1ccc(CNC(=O)N2CCC(C(=O)O)CC2)c(OC2CCOC2)c1. The number of urea groups is 1. The molecule has 2 saturated heterocycles. The normalized spacial score (nSPS) is 20.8. The van der Waals surface area contributed by atoms with Crippen molar-refractivity contribution in [3.63, 3.8) is 0 Å². The number of carboxylic acids is 1. The van der Waals surface area contributed by atoms with Gasteiger partial charge >= 0.3 is 12.0 Å². The lowest BCUT2D eigenvalue weighted by Gasteiger charge is -2.30. The number of hydrogen-bond donors (Lipinski definition) is 2. The van der Waals surface area contributed by atoms with Crippen LogP contribution in [0.15, 0.2) is 18.2 Å². The van der Waals surface area contributed by atoms with E-state index in [1.165, 1.54) is 0 Å². The number of ether oxygens (including phenoxy) is 2. The molecule has 2 aliphatic rings. The highest BCUT2D eigenvalue weighted by molar-refractivity contribution is 5.75. The number of benzene rings is 1. The molecule has 0 bridgehead atoms. The highest BCUT2D eigenvalue weighted by Crippen LogP contribution is 2.24. The first-order valence-corrected chi connectivity index (χ1v) is 9.12. The van der Waals surface area contributed by atoms with Gasteiger partial charge in [0.2, 0.25) is 0 Å². The summed E-state index contributed by atoms with van der Waals surface area (Å²) in [7, 11) is 0. The fourth-order valence-corrected chi connectivity index (χ4v) is 3.32. The minimum absolute atomic E-state index is 0.0568. The minimum Gasteiger partial charge on any atom is -0.488 e. The lowest BCUT2D eigenvalue weighted by atomic mass is 9.97. The Kier molecular flexibility index (Phi) is 5.98. The molecule has 2 N–H and O–H groups in total. The molecule has 0 aromatic heterocycles. The molecule has 1 unspecified atom stereocenters. The van der Waals surface area contributed by atoms with E-state index in [4.69, 9.17) is 14.6 Å². The Labute approximate surface area is 153 Å². The van der Waals surface area contributed by atoms with Crippen molar-refractivity contribution in [1.29, 1.82) is 0 Å². The highest BCUT2D eigenvalue weighted by Gasteiger charge is 2.27. The second-order valence-electron chi connectivity index (χ2n) is 6.97. The zero-order valence-electron chi connectivity index (χ0n) is 15.1. The quantitative estimate of drug-likeness (QED) is 0.838. The van der Waals surface area contributed by atoms with Crippen LogP contribution < -0.4 is 10.1 Å². The van der Waals surface area contributed by atoms with Gasteiger partial charge in [0.05, 0.1) is 19.1 Å².